The summed E-state index contributed by atoms with van der Waals surface area (Å²) in [4.78, 5) is 20.1. The second kappa shape index (κ2) is 11.2. The normalized spacial score (nSPS) is 15.9. The van der Waals surface area contributed by atoms with E-state index >= 15 is 0 Å². The highest BCUT2D eigenvalue weighted by atomic mass is 16.5. The Hall–Kier alpha value is -3.87. The zero-order valence-corrected chi connectivity index (χ0v) is 20.2. The van der Waals surface area contributed by atoms with Gasteiger partial charge in [0, 0.05) is 55.4 Å². The van der Waals surface area contributed by atoms with E-state index in [4.69, 9.17) is 4.74 Å². The SMILES string of the molecule is O=C(O)[C@H](c1c[nH]c2ccc(OCc3ccccc3)cc12)N1CCN(C/C=C/c2ccccc2)CC1. The number of hydrogen-bond acceptors (Lipinski definition) is 4. The lowest BCUT2D eigenvalue weighted by molar-refractivity contribution is -0.144. The molecule has 3 aromatic carbocycles. The number of aromatic nitrogens is 1. The van der Waals surface area contributed by atoms with Crippen LogP contribution in [0.1, 0.15) is 22.7 Å². The van der Waals surface area contributed by atoms with Gasteiger partial charge < -0.3 is 14.8 Å². The molecule has 1 fully saturated rings. The highest BCUT2D eigenvalue weighted by Gasteiger charge is 2.32. The average molecular weight is 482 g/mol. The van der Waals surface area contributed by atoms with E-state index in [1.807, 2.05) is 72.9 Å². The van der Waals surface area contributed by atoms with Gasteiger partial charge in [0.15, 0.2) is 0 Å². The number of aliphatic carboxylic acids is 1. The van der Waals surface area contributed by atoms with Crippen LogP contribution < -0.4 is 4.74 Å². The van der Waals surface area contributed by atoms with Crippen molar-refractivity contribution in [1.82, 2.24) is 14.8 Å². The third-order valence-electron chi connectivity index (χ3n) is 6.71. The molecule has 1 aromatic heterocycles. The molecule has 0 radical (unpaired) electrons. The van der Waals surface area contributed by atoms with E-state index in [0.29, 0.717) is 19.7 Å². The smallest absolute Gasteiger partial charge is 0.325 e. The number of hydrogen-bond donors (Lipinski definition) is 2. The van der Waals surface area contributed by atoms with E-state index in [1.165, 1.54) is 5.56 Å². The Morgan fingerprint density at radius 1 is 0.972 bits per heavy atom. The zero-order valence-electron chi connectivity index (χ0n) is 20.2. The molecule has 36 heavy (non-hydrogen) atoms. The van der Waals surface area contributed by atoms with Crippen molar-refractivity contribution in [3.63, 3.8) is 0 Å². The van der Waals surface area contributed by atoms with Crippen molar-refractivity contribution in [2.45, 2.75) is 12.6 Å². The minimum Gasteiger partial charge on any atom is -0.489 e. The van der Waals surface area contributed by atoms with Crippen molar-refractivity contribution in [1.29, 1.82) is 0 Å². The molecular weight excluding hydrogens is 450 g/mol. The maximum absolute atomic E-state index is 12.4. The summed E-state index contributed by atoms with van der Waals surface area (Å²) in [5.41, 5.74) is 3.97. The first-order chi connectivity index (χ1) is 17.7. The van der Waals surface area contributed by atoms with Crippen LogP contribution in [0.4, 0.5) is 0 Å². The van der Waals surface area contributed by atoms with E-state index < -0.39 is 12.0 Å². The Bertz CT molecular complexity index is 1310. The lowest BCUT2D eigenvalue weighted by Crippen LogP contribution is -2.49. The maximum atomic E-state index is 12.4. The van der Waals surface area contributed by atoms with Gasteiger partial charge in [-0.25, -0.2) is 0 Å². The van der Waals surface area contributed by atoms with Crippen LogP contribution in [-0.2, 0) is 11.4 Å². The number of carboxylic acid groups (broad SMARTS) is 1. The Morgan fingerprint density at radius 3 is 2.42 bits per heavy atom. The van der Waals surface area contributed by atoms with Crippen LogP contribution in [0.25, 0.3) is 17.0 Å². The van der Waals surface area contributed by atoms with Crippen LogP contribution in [-0.4, -0.2) is 58.6 Å². The highest BCUT2D eigenvalue weighted by molar-refractivity contribution is 5.90. The molecule has 0 bridgehead atoms. The third-order valence-corrected chi connectivity index (χ3v) is 6.71. The van der Waals surface area contributed by atoms with Crippen molar-refractivity contribution in [2.75, 3.05) is 32.7 Å². The summed E-state index contributed by atoms with van der Waals surface area (Å²) < 4.78 is 6.01. The molecule has 6 nitrogen and oxygen atoms in total. The number of piperazine rings is 1. The van der Waals surface area contributed by atoms with E-state index in [1.54, 1.807) is 0 Å². The van der Waals surface area contributed by atoms with Crippen LogP contribution >= 0.6 is 0 Å². The van der Waals surface area contributed by atoms with Gasteiger partial charge in [0.25, 0.3) is 0 Å². The molecule has 5 rings (SSSR count). The molecular formula is C30H31N3O3. The van der Waals surface area contributed by atoms with Gasteiger partial charge in [-0.2, -0.15) is 0 Å². The van der Waals surface area contributed by atoms with Crippen molar-refractivity contribution >= 4 is 22.9 Å². The van der Waals surface area contributed by atoms with Gasteiger partial charge in [-0.1, -0.05) is 72.8 Å². The molecule has 0 saturated carbocycles. The highest BCUT2D eigenvalue weighted by Crippen LogP contribution is 2.32. The molecule has 0 aliphatic carbocycles. The number of carbonyl (C=O) groups is 1. The fourth-order valence-corrected chi connectivity index (χ4v) is 4.77. The summed E-state index contributed by atoms with van der Waals surface area (Å²) in [7, 11) is 0. The van der Waals surface area contributed by atoms with Gasteiger partial charge in [0.2, 0.25) is 0 Å². The molecule has 1 aliphatic heterocycles. The molecule has 1 aliphatic rings. The topological polar surface area (TPSA) is 68.8 Å². The first kappa shape index (κ1) is 23.9. The number of rotatable bonds is 9. The number of aromatic amines is 1. The lowest BCUT2D eigenvalue weighted by Gasteiger charge is -2.37. The Labute approximate surface area is 211 Å². The first-order valence-corrected chi connectivity index (χ1v) is 12.4. The third kappa shape index (κ3) is 5.67. The van der Waals surface area contributed by atoms with Gasteiger partial charge in [-0.05, 0) is 29.3 Å². The van der Waals surface area contributed by atoms with E-state index in [2.05, 4.69) is 39.1 Å². The van der Waals surface area contributed by atoms with E-state index in [0.717, 1.165) is 47.4 Å². The largest absolute Gasteiger partial charge is 0.489 e. The van der Waals surface area contributed by atoms with Gasteiger partial charge in [0.1, 0.15) is 18.4 Å². The summed E-state index contributed by atoms with van der Waals surface area (Å²) in [6.45, 7) is 4.39. The van der Waals surface area contributed by atoms with Crippen LogP contribution in [0.2, 0.25) is 0 Å². The molecule has 1 saturated heterocycles. The van der Waals surface area contributed by atoms with Crippen molar-refractivity contribution in [3.8, 4) is 5.75 Å². The molecule has 2 N–H and O–H groups in total. The fourth-order valence-electron chi connectivity index (χ4n) is 4.77. The number of benzene rings is 3. The molecule has 184 valence electrons. The van der Waals surface area contributed by atoms with Crippen LogP contribution in [0.3, 0.4) is 0 Å². The van der Waals surface area contributed by atoms with E-state index in [9.17, 15) is 9.90 Å². The van der Waals surface area contributed by atoms with Gasteiger partial charge in [-0.15, -0.1) is 0 Å². The summed E-state index contributed by atoms with van der Waals surface area (Å²) in [6, 6.07) is 25.4. The lowest BCUT2D eigenvalue weighted by atomic mass is 10.0. The second-order valence-corrected chi connectivity index (χ2v) is 9.12. The van der Waals surface area contributed by atoms with Crippen LogP contribution in [0.5, 0.6) is 5.75 Å². The monoisotopic (exact) mass is 481 g/mol. The molecule has 1 atom stereocenters. The zero-order chi connectivity index (χ0) is 24.7. The van der Waals surface area contributed by atoms with Gasteiger partial charge >= 0.3 is 5.97 Å². The van der Waals surface area contributed by atoms with Gasteiger partial charge in [-0.3, -0.25) is 14.6 Å². The first-order valence-electron chi connectivity index (χ1n) is 12.4. The van der Waals surface area contributed by atoms with E-state index in [-0.39, 0.29) is 0 Å². The molecule has 6 heteroatoms. The average Bonchev–Trinajstić information content (AvgIpc) is 3.32. The second-order valence-electron chi connectivity index (χ2n) is 9.12. The Balaban J connectivity index is 1.25. The minimum atomic E-state index is -0.830. The quantitative estimate of drug-likeness (QED) is 0.344. The summed E-state index contributed by atoms with van der Waals surface area (Å²) in [5, 5.41) is 11.1. The fraction of sp³-hybridized carbons (Fsp3) is 0.233. The van der Waals surface area contributed by atoms with Crippen LogP contribution in [0, 0.1) is 0 Å². The molecule has 0 amide bonds. The number of carboxylic acids is 1. The summed E-state index contributed by atoms with van der Waals surface area (Å²) in [5.74, 6) is -0.102. The predicted octanol–water partition coefficient (Wildman–Crippen LogP) is 5.20. The Morgan fingerprint density at radius 2 is 1.69 bits per heavy atom. The molecule has 2 heterocycles. The minimum absolute atomic E-state index is 0.467. The number of H-pyrrole nitrogens is 1. The van der Waals surface area contributed by atoms with Crippen LogP contribution in [0.15, 0.2) is 91.1 Å². The predicted molar refractivity (Wildman–Crippen MR) is 143 cm³/mol. The maximum Gasteiger partial charge on any atom is 0.325 e. The number of fused-ring (bicyclic) bond motifs is 1. The Kier molecular flexibility index (Phi) is 7.45. The molecule has 0 spiro atoms. The number of nitrogens with one attached hydrogen (secondary N) is 1. The van der Waals surface area contributed by atoms with Gasteiger partial charge in [0.05, 0.1) is 0 Å². The standard InChI is InChI=1S/C30H31N3O3/c34-30(35)29(33-18-16-32(17-19-33)15-7-12-23-8-3-1-4-9-23)27-21-31-28-14-13-25(20-26(27)28)36-22-24-10-5-2-6-11-24/h1-14,20-21,29,31H,15-19,22H2,(H,34,35)/b12-7+/t29-/m0/s1. The van der Waals surface area contributed by atoms with Crippen molar-refractivity contribution < 1.29 is 14.6 Å². The number of ether oxygens (including phenoxy) is 1. The number of nitrogens with zero attached hydrogens (tertiary/aromatic N) is 2. The molecule has 4 aromatic rings. The molecule has 0 unspecified atom stereocenters. The summed E-state index contributed by atoms with van der Waals surface area (Å²) >= 11 is 0. The summed E-state index contributed by atoms with van der Waals surface area (Å²) in [6.07, 6.45) is 6.14. The van der Waals surface area contributed by atoms with Crippen molar-refractivity contribution in [3.05, 3.63) is 108 Å². The van der Waals surface area contributed by atoms with Crippen molar-refractivity contribution in [2.24, 2.45) is 0 Å².